The van der Waals surface area contributed by atoms with Gasteiger partial charge in [-0.2, -0.15) is 12.1 Å². The molecule has 1 aromatic rings. The molecular weight excluding hydrogens is 277 g/mol. The predicted octanol–water partition coefficient (Wildman–Crippen LogP) is 1.40. The number of rotatable bonds is 2. The van der Waals surface area contributed by atoms with E-state index in [1.807, 2.05) is 6.07 Å². The van der Waals surface area contributed by atoms with Crippen molar-refractivity contribution in [2.75, 3.05) is 20.1 Å². The van der Waals surface area contributed by atoms with Crippen LogP contribution in [0.25, 0.3) is 0 Å². The number of piperidine rings is 1. The molecule has 0 bridgehead atoms. The van der Waals surface area contributed by atoms with Crippen LogP contribution >= 0.6 is 0 Å². The Hall–Kier alpha value is -0.116. The molecule has 0 N–H and O–H groups in total. The van der Waals surface area contributed by atoms with E-state index in [1.165, 1.54) is 0 Å². The van der Waals surface area contributed by atoms with Crippen LogP contribution in [0.15, 0.2) is 18.2 Å². The molecular formula is C12H15N2OY-. The number of hydrogen-bond donors (Lipinski definition) is 0. The third-order valence-electron chi connectivity index (χ3n) is 2.95. The van der Waals surface area contributed by atoms with Gasteiger partial charge in [-0.05, 0) is 38.7 Å². The molecule has 16 heavy (non-hydrogen) atoms. The minimum atomic E-state index is 0. The zero-order valence-corrected chi connectivity index (χ0v) is 12.4. The largest absolute Gasteiger partial charge is 0.383 e. The molecule has 0 aromatic carbocycles. The number of carbonyl (C=O) groups is 1. The summed E-state index contributed by atoms with van der Waals surface area (Å²) in [4.78, 5) is 18.2. The summed E-state index contributed by atoms with van der Waals surface area (Å²) in [6.07, 6.45) is 4.61. The van der Waals surface area contributed by atoms with Crippen molar-refractivity contribution in [2.24, 2.45) is 5.92 Å². The average molecular weight is 292 g/mol. The van der Waals surface area contributed by atoms with Crippen molar-refractivity contribution in [3.05, 3.63) is 30.1 Å². The number of Topliss-reactive ketones (excluding diaryl/α,β-unsaturated/α-hetero) is 1. The van der Waals surface area contributed by atoms with Crippen LogP contribution in [0.3, 0.4) is 0 Å². The number of hydrogen-bond acceptors (Lipinski definition) is 3. The molecule has 1 saturated heterocycles. The van der Waals surface area contributed by atoms with Gasteiger partial charge in [0.1, 0.15) is 5.78 Å². The SMILES string of the molecule is CN1CCC(C(=O)c2ccc[c-]n2)CC1.[Y]. The maximum absolute atomic E-state index is 12.0. The Kier molecular flexibility index (Phi) is 5.73. The van der Waals surface area contributed by atoms with Crippen LogP contribution in [0.1, 0.15) is 23.3 Å². The van der Waals surface area contributed by atoms with Gasteiger partial charge < -0.3 is 14.7 Å². The van der Waals surface area contributed by atoms with E-state index in [2.05, 4.69) is 23.1 Å². The molecule has 1 aliphatic heterocycles. The number of aromatic nitrogens is 1. The maximum Gasteiger partial charge on any atom is 0.129 e. The number of ketones is 1. The summed E-state index contributed by atoms with van der Waals surface area (Å²) in [5, 5.41) is 0. The molecule has 0 unspecified atom stereocenters. The van der Waals surface area contributed by atoms with Crippen molar-refractivity contribution in [2.45, 2.75) is 12.8 Å². The first kappa shape index (κ1) is 13.9. The Bertz CT molecular complexity index is 334. The van der Waals surface area contributed by atoms with Crippen LogP contribution in [0, 0.1) is 12.1 Å². The van der Waals surface area contributed by atoms with Crippen molar-refractivity contribution in [1.29, 1.82) is 0 Å². The zero-order chi connectivity index (χ0) is 10.7. The standard InChI is InChI=1S/C12H15N2O.Y/c1-14-8-5-10(6-9-14)12(15)11-4-2-3-7-13-11;/h2-4,10H,5-6,8-9H2,1H3;/q-1;. The molecule has 2 rings (SSSR count). The van der Waals surface area contributed by atoms with Crippen LogP contribution in [-0.4, -0.2) is 35.8 Å². The molecule has 0 amide bonds. The molecule has 0 saturated carbocycles. The van der Waals surface area contributed by atoms with E-state index < -0.39 is 0 Å². The summed E-state index contributed by atoms with van der Waals surface area (Å²) in [6, 6.07) is 5.30. The number of carbonyl (C=O) groups excluding carboxylic acids is 1. The van der Waals surface area contributed by atoms with Crippen LogP contribution in [-0.2, 0) is 32.7 Å². The van der Waals surface area contributed by atoms with Crippen LogP contribution < -0.4 is 0 Å². The minimum absolute atomic E-state index is 0. The second-order valence-corrected chi connectivity index (χ2v) is 4.09. The topological polar surface area (TPSA) is 33.2 Å². The first-order valence-corrected chi connectivity index (χ1v) is 5.33. The Morgan fingerprint density at radius 1 is 1.50 bits per heavy atom. The second-order valence-electron chi connectivity index (χ2n) is 4.09. The van der Waals surface area contributed by atoms with Gasteiger partial charge in [-0.25, -0.2) is 0 Å². The smallest absolute Gasteiger partial charge is 0.129 e. The molecule has 1 aromatic heterocycles. The minimum Gasteiger partial charge on any atom is -0.383 e. The molecule has 1 fully saturated rings. The van der Waals surface area contributed by atoms with Gasteiger partial charge in [-0.1, -0.05) is 6.20 Å². The van der Waals surface area contributed by atoms with E-state index in [0.29, 0.717) is 5.69 Å². The third kappa shape index (κ3) is 3.44. The van der Waals surface area contributed by atoms with E-state index in [4.69, 9.17) is 0 Å². The van der Waals surface area contributed by atoms with Gasteiger partial charge in [-0.15, -0.1) is 6.07 Å². The fourth-order valence-electron chi connectivity index (χ4n) is 1.94. The molecule has 0 spiro atoms. The number of likely N-dealkylation sites (tertiary alicyclic amines) is 1. The number of pyridine rings is 1. The fourth-order valence-corrected chi connectivity index (χ4v) is 1.94. The summed E-state index contributed by atoms with van der Waals surface area (Å²) < 4.78 is 0. The first-order valence-electron chi connectivity index (χ1n) is 5.33. The van der Waals surface area contributed by atoms with Crippen LogP contribution in [0.4, 0.5) is 0 Å². The number of nitrogens with zero attached hydrogens (tertiary/aromatic N) is 2. The molecule has 4 heteroatoms. The van der Waals surface area contributed by atoms with E-state index in [9.17, 15) is 4.79 Å². The Labute approximate surface area is 122 Å². The summed E-state index contributed by atoms with van der Waals surface area (Å²) in [7, 11) is 2.09. The van der Waals surface area contributed by atoms with Gasteiger partial charge in [0, 0.05) is 38.6 Å². The van der Waals surface area contributed by atoms with E-state index in [1.54, 1.807) is 12.1 Å². The molecule has 1 aliphatic rings. The second kappa shape index (κ2) is 6.58. The van der Waals surface area contributed by atoms with Gasteiger partial charge >= 0.3 is 0 Å². The van der Waals surface area contributed by atoms with Gasteiger partial charge in [-0.3, -0.25) is 0 Å². The van der Waals surface area contributed by atoms with Crippen molar-refractivity contribution in [3.8, 4) is 0 Å². The Balaban J connectivity index is 0.00000128. The zero-order valence-electron chi connectivity index (χ0n) is 9.52. The fraction of sp³-hybridized carbons (Fsp3) is 0.500. The summed E-state index contributed by atoms with van der Waals surface area (Å²) in [6.45, 7) is 2.01. The third-order valence-corrected chi connectivity index (χ3v) is 2.95. The van der Waals surface area contributed by atoms with Gasteiger partial charge in [0.05, 0.1) is 0 Å². The van der Waals surface area contributed by atoms with E-state index >= 15 is 0 Å². The van der Waals surface area contributed by atoms with Gasteiger partial charge in [0.15, 0.2) is 0 Å². The first-order chi connectivity index (χ1) is 7.27. The van der Waals surface area contributed by atoms with Crippen molar-refractivity contribution >= 4 is 5.78 Å². The molecule has 2 heterocycles. The molecule has 1 radical (unpaired) electrons. The predicted molar refractivity (Wildman–Crippen MR) is 57.6 cm³/mol. The van der Waals surface area contributed by atoms with Crippen LogP contribution in [0.2, 0.25) is 0 Å². The normalized spacial score (nSPS) is 17.8. The van der Waals surface area contributed by atoms with E-state index in [0.717, 1.165) is 25.9 Å². The molecule has 83 valence electrons. The maximum atomic E-state index is 12.0. The molecule has 3 nitrogen and oxygen atoms in total. The van der Waals surface area contributed by atoms with Gasteiger partial charge in [0.2, 0.25) is 0 Å². The van der Waals surface area contributed by atoms with Gasteiger partial charge in [0.25, 0.3) is 0 Å². The molecule has 0 aliphatic carbocycles. The van der Waals surface area contributed by atoms with Crippen molar-refractivity contribution < 1.29 is 37.5 Å². The summed E-state index contributed by atoms with van der Waals surface area (Å²) >= 11 is 0. The molecule has 0 atom stereocenters. The monoisotopic (exact) mass is 292 g/mol. The van der Waals surface area contributed by atoms with E-state index in [-0.39, 0.29) is 44.4 Å². The van der Waals surface area contributed by atoms with Crippen molar-refractivity contribution in [1.82, 2.24) is 9.88 Å². The van der Waals surface area contributed by atoms with Crippen LogP contribution in [0.5, 0.6) is 0 Å². The van der Waals surface area contributed by atoms with Crippen molar-refractivity contribution in [3.63, 3.8) is 0 Å². The Morgan fingerprint density at radius 2 is 2.19 bits per heavy atom. The summed E-state index contributed by atoms with van der Waals surface area (Å²) in [5.41, 5.74) is 0.562. The Morgan fingerprint density at radius 3 is 2.75 bits per heavy atom. The average Bonchev–Trinajstić information content (AvgIpc) is 2.30. The summed E-state index contributed by atoms with van der Waals surface area (Å²) in [5.74, 6) is 0.337. The quantitative estimate of drug-likeness (QED) is 0.610.